The summed E-state index contributed by atoms with van der Waals surface area (Å²) >= 11 is 0. The van der Waals surface area contributed by atoms with E-state index >= 15 is 0 Å². The predicted octanol–water partition coefficient (Wildman–Crippen LogP) is 2.50. The fourth-order valence-electron chi connectivity index (χ4n) is 1.61. The highest BCUT2D eigenvalue weighted by molar-refractivity contribution is 5.03. The summed E-state index contributed by atoms with van der Waals surface area (Å²) in [6.45, 7) is 8.11. The lowest BCUT2D eigenvalue weighted by Crippen LogP contribution is -2.37. The molecule has 0 aromatic carbocycles. The maximum atomic E-state index is 10.0. The van der Waals surface area contributed by atoms with Crippen LogP contribution in [-0.4, -0.2) is 10.7 Å². The molecule has 0 spiro atoms. The highest BCUT2D eigenvalue weighted by Crippen LogP contribution is 2.35. The smallest absolute Gasteiger partial charge is 0.0676 e. The molecular weight excluding hydrogens is 136 g/mol. The standard InChI is InChI=1S/C10H18O/c1-8(2)10(11)6-4-9(3)5-7-10/h8,11H,3-7H2,1-2H3. The van der Waals surface area contributed by atoms with Crippen molar-refractivity contribution in [1.82, 2.24) is 0 Å². The number of allylic oxidation sites excluding steroid dienone is 1. The minimum atomic E-state index is -0.402. The third-order valence-corrected chi connectivity index (χ3v) is 2.90. The Kier molecular flexibility index (Phi) is 2.38. The number of aliphatic hydroxyl groups is 1. The van der Waals surface area contributed by atoms with E-state index in [0.29, 0.717) is 5.92 Å². The van der Waals surface area contributed by atoms with Crippen LogP contribution in [0.15, 0.2) is 12.2 Å². The van der Waals surface area contributed by atoms with Crippen LogP contribution in [0.4, 0.5) is 0 Å². The minimum Gasteiger partial charge on any atom is -0.390 e. The lowest BCUT2D eigenvalue weighted by atomic mass is 9.76. The minimum absolute atomic E-state index is 0.385. The van der Waals surface area contributed by atoms with Gasteiger partial charge in [-0.05, 0) is 31.6 Å². The second-order valence-electron chi connectivity index (χ2n) is 4.01. The van der Waals surface area contributed by atoms with E-state index in [1.165, 1.54) is 5.57 Å². The Hall–Kier alpha value is -0.300. The van der Waals surface area contributed by atoms with Crippen molar-refractivity contribution in [2.45, 2.75) is 45.1 Å². The van der Waals surface area contributed by atoms with Gasteiger partial charge in [0.15, 0.2) is 0 Å². The van der Waals surface area contributed by atoms with Crippen LogP contribution in [0.25, 0.3) is 0 Å². The Morgan fingerprint density at radius 3 is 2.18 bits per heavy atom. The SMILES string of the molecule is C=C1CCC(O)(C(C)C)CC1. The zero-order chi connectivity index (χ0) is 8.48. The molecule has 1 N–H and O–H groups in total. The Balaban J connectivity index is 2.55. The molecule has 0 saturated heterocycles. The van der Waals surface area contributed by atoms with Crippen molar-refractivity contribution in [3.05, 3.63) is 12.2 Å². The van der Waals surface area contributed by atoms with Crippen LogP contribution in [-0.2, 0) is 0 Å². The zero-order valence-corrected chi connectivity index (χ0v) is 7.56. The molecule has 0 atom stereocenters. The van der Waals surface area contributed by atoms with Crippen molar-refractivity contribution in [3.8, 4) is 0 Å². The first-order chi connectivity index (χ1) is 5.04. The first kappa shape index (κ1) is 8.79. The van der Waals surface area contributed by atoms with Crippen molar-refractivity contribution < 1.29 is 5.11 Å². The first-order valence-electron chi connectivity index (χ1n) is 4.43. The molecule has 1 heteroatoms. The summed E-state index contributed by atoms with van der Waals surface area (Å²) in [5, 5.41) is 10.0. The van der Waals surface area contributed by atoms with Crippen molar-refractivity contribution in [2.75, 3.05) is 0 Å². The van der Waals surface area contributed by atoms with Gasteiger partial charge < -0.3 is 5.11 Å². The van der Waals surface area contributed by atoms with Gasteiger partial charge in [0.1, 0.15) is 0 Å². The molecule has 1 fully saturated rings. The van der Waals surface area contributed by atoms with E-state index in [9.17, 15) is 5.11 Å². The van der Waals surface area contributed by atoms with Crippen LogP contribution < -0.4 is 0 Å². The summed E-state index contributed by atoms with van der Waals surface area (Å²) in [7, 11) is 0. The van der Waals surface area contributed by atoms with Crippen LogP contribution in [0, 0.1) is 5.92 Å². The van der Waals surface area contributed by atoms with Gasteiger partial charge in [-0.1, -0.05) is 26.0 Å². The number of hydrogen-bond acceptors (Lipinski definition) is 1. The summed E-state index contributed by atoms with van der Waals surface area (Å²) in [5.74, 6) is 0.385. The van der Waals surface area contributed by atoms with Crippen molar-refractivity contribution in [3.63, 3.8) is 0 Å². The second-order valence-corrected chi connectivity index (χ2v) is 4.01. The molecule has 0 amide bonds. The Bertz CT molecular complexity index is 148. The van der Waals surface area contributed by atoms with E-state index in [1.54, 1.807) is 0 Å². The van der Waals surface area contributed by atoms with Gasteiger partial charge >= 0.3 is 0 Å². The summed E-state index contributed by atoms with van der Waals surface area (Å²) in [5.41, 5.74) is 0.900. The molecule has 11 heavy (non-hydrogen) atoms. The number of rotatable bonds is 1. The van der Waals surface area contributed by atoms with Crippen molar-refractivity contribution in [2.24, 2.45) is 5.92 Å². The third kappa shape index (κ3) is 1.84. The molecule has 0 aliphatic heterocycles. The maximum Gasteiger partial charge on any atom is 0.0676 e. The normalized spacial score (nSPS) is 24.2. The molecule has 64 valence electrons. The molecule has 0 bridgehead atoms. The molecular formula is C10H18O. The van der Waals surface area contributed by atoms with Gasteiger partial charge in [-0.2, -0.15) is 0 Å². The van der Waals surface area contributed by atoms with E-state index in [-0.39, 0.29) is 0 Å². The fourth-order valence-corrected chi connectivity index (χ4v) is 1.61. The van der Waals surface area contributed by atoms with Gasteiger partial charge in [0, 0.05) is 0 Å². The largest absolute Gasteiger partial charge is 0.390 e. The van der Waals surface area contributed by atoms with Gasteiger partial charge in [-0.3, -0.25) is 0 Å². The average Bonchev–Trinajstić information content (AvgIpc) is 1.95. The van der Waals surface area contributed by atoms with Gasteiger partial charge in [0.2, 0.25) is 0 Å². The van der Waals surface area contributed by atoms with Crippen molar-refractivity contribution >= 4 is 0 Å². The van der Waals surface area contributed by atoms with Crippen LogP contribution in [0.3, 0.4) is 0 Å². The average molecular weight is 154 g/mol. The Labute approximate surface area is 69.1 Å². The monoisotopic (exact) mass is 154 g/mol. The van der Waals surface area contributed by atoms with Crippen molar-refractivity contribution in [1.29, 1.82) is 0 Å². The highest BCUT2D eigenvalue weighted by Gasteiger charge is 2.33. The van der Waals surface area contributed by atoms with Gasteiger partial charge in [-0.25, -0.2) is 0 Å². The molecule has 0 radical (unpaired) electrons. The van der Waals surface area contributed by atoms with E-state index in [4.69, 9.17) is 0 Å². The lowest BCUT2D eigenvalue weighted by Gasteiger charge is -2.36. The van der Waals surface area contributed by atoms with E-state index in [0.717, 1.165) is 25.7 Å². The topological polar surface area (TPSA) is 20.2 Å². The van der Waals surface area contributed by atoms with E-state index < -0.39 is 5.60 Å². The summed E-state index contributed by atoms with van der Waals surface area (Å²) < 4.78 is 0. The molecule has 0 unspecified atom stereocenters. The van der Waals surface area contributed by atoms with Crippen LogP contribution in [0.2, 0.25) is 0 Å². The summed E-state index contributed by atoms with van der Waals surface area (Å²) in [4.78, 5) is 0. The molecule has 1 aliphatic carbocycles. The third-order valence-electron chi connectivity index (χ3n) is 2.90. The summed E-state index contributed by atoms with van der Waals surface area (Å²) in [6.07, 6.45) is 3.83. The van der Waals surface area contributed by atoms with E-state index in [1.807, 2.05) is 0 Å². The fraction of sp³-hybridized carbons (Fsp3) is 0.800. The van der Waals surface area contributed by atoms with E-state index in [2.05, 4.69) is 20.4 Å². The molecule has 1 nitrogen and oxygen atoms in total. The molecule has 1 saturated carbocycles. The van der Waals surface area contributed by atoms with Crippen LogP contribution in [0.5, 0.6) is 0 Å². The maximum absolute atomic E-state index is 10.0. The van der Waals surface area contributed by atoms with Crippen LogP contribution >= 0.6 is 0 Å². The lowest BCUT2D eigenvalue weighted by molar-refractivity contribution is -0.0284. The Morgan fingerprint density at radius 2 is 1.82 bits per heavy atom. The molecule has 0 aromatic rings. The first-order valence-corrected chi connectivity index (χ1v) is 4.43. The molecule has 1 rings (SSSR count). The van der Waals surface area contributed by atoms with Gasteiger partial charge in [-0.15, -0.1) is 0 Å². The predicted molar refractivity (Wildman–Crippen MR) is 47.4 cm³/mol. The van der Waals surface area contributed by atoms with Crippen LogP contribution in [0.1, 0.15) is 39.5 Å². The molecule has 0 aromatic heterocycles. The summed E-state index contributed by atoms with van der Waals surface area (Å²) in [6, 6.07) is 0. The Morgan fingerprint density at radius 1 is 1.36 bits per heavy atom. The molecule has 0 heterocycles. The zero-order valence-electron chi connectivity index (χ0n) is 7.56. The van der Waals surface area contributed by atoms with Gasteiger partial charge in [0.05, 0.1) is 5.60 Å². The highest BCUT2D eigenvalue weighted by atomic mass is 16.3. The molecule has 1 aliphatic rings. The van der Waals surface area contributed by atoms with Gasteiger partial charge in [0.25, 0.3) is 0 Å². The quantitative estimate of drug-likeness (QED) is 0.575. The second kappa shape index (κ2) is 2.98. The number of hydrogen-bond donors (Lipinski definition) is 1.